The van der Waals surface area contributed by atoms with Gasteiger partial charge in [0.15, 0.2) is 0 Å². The second-order valence-corrected chi connectivity index (χ2v) is 5.14. The van der Waals surface area contributed by atoms with Crippen LogP contribution >= 0.6 is 0 Å². The second kappa shape index (κ2) is 13.7. The summed E-state index contributed by atoms with van der Waals surface area (Å²) < 4.78 is 0. The summed E-state index contributed by atoms with van der Waals surface area (Å²) in [4.78, 5) is 1.56. The molecule has 0 fully saturated rings. The zero-order valence-electron chi connectivity index (χ0n) is 12.5. The largest absolute Gasteiger partial charge is 2.00 e. The van der Waals surface area contributed by atoms with Gasteiger partial charge in [-0.05, 0) is 6.92 Å². The maximum absolute atomic E-state index is 4.94. The van der Waals surface area contributed by atoms with Crippen LogP contribution in [0.3, 0.4) is 0 Å². The van der Waals surface area contributed by atoms with Crippen molar-refractivity contribution in [1.82, 2.24) is 0 Å². The van der Waals surface area contributed by atoms with Gasteiger partial charge in [-0.2, -0.15) is 9.79 Å². The van der Waals surface area contributed by atoms with Crippen molar-refractivity contribution in [3.8, 4) is 0 Å². The summed E-state index contributed by atoms with van der Waals surface area (Å²) in [5.41, 5.74) is 1.17. The maximum atomic E-state index is 4.94. The van der Waals surface area contributed by atoms with E-state index in [1.807, 2.05) is 97.9 Å². The standard InChI is InChI=1S/C7H8S2.2C6H6.Pb/c1-5-2-3-6(8)7(9)4-5;2*1-2-4-6-5-3-1;/h2-4,8-9H,1H3;2*1-6H;/q;;;+2/p-2. The first-order valence-electron chi connectivity index (χ1n) is 6.65. The fourth-order valence-corrected chi connectivity index (χ4v) is 1.77. The van der Waals surface area contributed by atoms with Crippen molar-refractivity contribution in [2.24, 2.45) is 0 Å². The topological polar surface area (TPSA) is 0 Å². The molecule has 0 aromatic heterocycles. The van der Waals surface area contributed by atoms with Crippen molar-refractivity contribution in [3.63, 3.8) is 0 Å². The molecule has 0 nitrogen and oxygen atoms in total. The van der Waals surface area contributed by atoms with Crippen molar-refractivity contribution in [3.05, 3.63) is 96.6 Å². The van der Waals surface area contributed by atoms with E-state index in [1.165, 1.54) is 5.56 Å². The van der Waals surface area contributed by atoms with Crippen LogP contribution in [-0.4, -0.2) is 27.3 Å². The Morgan fingerprint density at radius 3 is 1.09 bits per heavy atom. The molecule has 0 aliphatic carbocycles. The molecule has 3 rings (SSSR count). The van der Waals surface area contributed by atoms with Gasteiger partial charge in [0, 0.05) is 0 Å². The Kier molecular flexibility index (Phi) is 13.1. The zero-order chi connectivity index (χ0) is 15.3. The van der Waals surface area contributed by atoms with E-state index < -0.39 is 0 Å². The maximum Gasteiger partial charge on any atom is 2.00 e. The van der Waals surface area contributed by atoms with Gasteiger partial charge in [0.25, 0.3) is 0 Å². The van der Waals surface area contributed by atoms with E-state index in [1.54, 1.807) is 0 Å². The second-order valence-electron chi connectivity index (χ2n) is 4.26. The van der Waals surface area contributed by atoms with E-state index in [-0.39, 0.29) is 27.3 Å². The average molecular weight is 518 g/mol. The smallest absolute Gasteiger partial charge is 0.781 e. The van der Waals surface area contributed by atoms with Gasteiger partial charge in [-0.3, -0.25) is 0 Å². The minimum absolute atomic E-state index is 0. The van der Waals surface area contributed by atoms with Gasteiger partial charge >= 0.3 is 27.3 Å². The minimum atomic E-state index is 0. The van der Waals surface area contributed by atoms with Gasteiger partial charge in [-0.1, -0.05) is 96.6 Å². The molecule has 3 heteroatoms. The summed E-state index contributed by atoms with van der Waals surface area (Å²) in [6, 6.07) is 29.8. The summed E-state index contributed by atoms with van der Waals surface area (Å²) in [5, 5.41) is 0. The molecule has 0 aliphatic heterocycles. The van der Waals surface area contributed by atoms with Crippen LogP contribution in [0.5, 0.6) is 0 Å². The molecule has 3 aromatic rings. The van der Waals surface area contributed by atoms with Crippen molar-refractivity contribution < 1.29 is 0 Å². The Morgan fingerprint density at radius 1 is 0.545 bits per heavy atom. The number of hydrogen-bond donors (Lipinski definition) is 0. The third kappa shape index (κ3) is 10.7. The molecule has 22 heavy (non-hydrogen) atoms. The molecule has 0 unspecified atom stereocenters. The van der Waals surface area contributed by atoms with Gasteiger partial charge in [0.1, 0.15) is 0 Å². The van der Waals surface area contributed by atoms with Crippen LogP contribution < -0.4 is 0 Å². The molecular weight excluding hydrogens is 500 g/mol. The summed E-state index contributed by atoms with van der Waals surface area (Å²) in [7, 11) is 0. The van der Waals surface area contributed by atoms with Gasteiger partial charge in [-0.25, -0.2) is 0 Å². The molecule has 0 heterocycles. The number of hydrogen-bond acceptors (Lipinski definition) is 2. The van der Waals surface area contributed by atoms with Crippen LogP contribution in [0.25, 0.3) is 0 Å². The van der Waals surface area contributed by atoms with Crippen LogP contribution in [-0.2, 0) is 25.3 Å². The van der Waals surface area contributed by atoms with E-state index in [4.69, 9.17) is 25.3 Å². The average Bonchev–Trinajstić information content (AvgIpc) is 2.56. The minimum Gasteiger partial charge on any atom is -0.781 e. The molecule has 110 valence electrons. The molecule has 0 N–H and O–H groups in total. The van der Waals surface area contributed by atoms with Crippen LogP contribution in [0.15, 0.2) is 101 Å². The zero-order valence-corrected chi connectivity index (χ0v) is 18.0. The first-order chi connectivity index (χ1) is 10.2. The Hall–Kier alpha value is -0.978. The molecule has 0 atom stereocenters. The van der Waals surface area contributed by atoms with Crippen molar-refractivity contribution in [2.75, 3.05) is 0 Å². The Balaban J connectivity index is 0.000000303. The van der Waals surface area contributed by atoms with Gasteiger partial charge in [-0.15, -0.1) is 0 Å². The quantitative estimate of drug-likeness (QED) is 0.311. The molecule has 0 aliphatic rings. The first-order valence-corrected chi connectivity index (χ1v) is 7.46. The van der Waals surface area contributed by atoms with Gasteiger partial charge < -0.3 is 25.3 Å². The van der Waals surface area contributed by atoms with E-state index in [0.29, 0.717) is 0 Å². The third-order valence-corrected chi connectivity index (χ3v) is 3.26. The first kappa shape index (κ1) is 21.0. The monoisotopic (exact) mass is 518 g/mol. The number of rotatable bonds is 0. The summed E-state index contributed by atoms with van der Waals surface area (Å²) in [6.45, 7) is 2.00. The normalized spacial score (nSPS) is 8.23. The Morgan fingerprint density at radius 2 is 0.864 bits per heavy atom. The van der Waals surface area contributed by atoms with Crippen molar-refractivity contribution in [2.45, 2.75) is 16.7 Å². The molecule has 2 radical (unpaired) electrons. The third-order valence-electron chi connectivity index (χ3n) is 2.43. The van der Waals surface area contributed by atoms with E-state index in [9.17, 15) is 0 Å². The number of aryl methyl sites for hydroxylation is 1. The fourth-order valence-electron chi connectivity index (χ4n) is 1.39. The van der Waals surface area contributed by atoms with Crippen LogP contribution in [0.1, 0.15) is 5.56 Å². The molecule has 0 amide bonds. The molecule has 3 aromatic carbocycles. The van der Waals surface area contributed by atoms with Crippen LogP contribution in [0, 0.1) is 6.92 Å². The van der Waals surface area contributed by atoms with E-state index >= 15 is 0 Å². The molecule has 0 saturated carbocycles. The molecule has 0 bridgehead atoms. The van der Waals surface area contributed by atoms with E-state index in [0.717, 1.165) is 9.79 Å². The van der Waals surface area contributed by atoms with Crippen molar-refractivity contribution >= 4 is 52.6 Å². The Labute approximate surface area is 165 Å². The molecular formula is C19H18PbS2. The summed E-state index contributed by atoms with van der Waals surface area (Å²) >= 11 is 9.85. The van der Waals surface area contributed by atoms with Gasteiger partial charge in [0.2, 0.25) is 0 Å². The summed E-state index contributed by atoms with van der Waals surface area (Å²) in [6.07, 6.45) is 0. The molecule has 0 saturated heterocycles. The Bertz CT molecular complexity index is 513. The predicted molar refractivity (Wildman–Crippen MR) is 101 cm³/mol. The fraction of sp³-hybridized carbons (Fsp3) is 0.0526. The predicted octanol–water partition coefficient (Wildman–Crippen LogP) is 4.80. The van der Waals surface area contributed by atoms with Crippen molar-refractivity contribution in [1.29, 1.82) is 0 Å². The molecule has 0 spiro atoms. The number of benzene rings is 3. The van der Waals surface area contributed by atoms with Gasteiger partial charge in [0.05, 0.1) is 0 Å². The SMILES string of the molecule is Cc1ccc([S-])c([S-])c1.[Pb+2].c1ccccc1.c1ccccc1. The van der Waals surface area contributed by atoms with Crippen LogP contribution in [0.4, 0.5) is 0 Å². The van der Waals surface area contributed by atoms with E-state index in [2.05, 4.69) is 0 Å². The summed E-state index contributed by atoms with van der Waals surface area (Å²) in [5.74, 6) is 0. The van der Waals surface area contributed by atoms with Crippen LogP contribution in [0.2, 0.25) is 0 Å².